The number of hydrogen-bond donors (Lipinski definition) is 4. The predicted molar refractivity (Wildman–Crippen MR) is 168 cm³/mol. The molecule has 0 spiro atoms. The van der Waals surface area contributed by atoms with E-state index < -0.39 is 35.5 Å². The van der Waals surface area contributed by atoms with Gasteiger partial charge >= 0.3 is 12.1 Å². The third kappa shape index (κ3) is 8.95. The fraction of sp³-hybridized carbons (Fsp3) is 0.412. The number of benzene rings is 2. The summed E-state index contributed by atoms with van der Waals surface area (Å²) in [5.74, 6) is -1.33. The number of methoxy groups -OCH3 is 1. The molecule has 1 aromatic heterocycles. The number of carbonyl (C=O) groups is 4. The van der Waals surface area contributed by atoms with Crippen LogP contribution in [0.4, 0.5) is 4.79 Å². The van der Waals surface area contributed by atoms with Gasteiger partial charge in [0.2, 0.25) is 11.8 Å². The highest BCUT2D eigenvalue weighted by Gasteiger charge is 2.38. The molecule has 10 nitrogen and oxygen atoms in total. The lowest BCUT2D eigenvalue weighted by molar-refractivity contribution is -0.135. The van der Waals surface area contributed by atoms with Crippen molar-refractivity contribution in [3.05, 3.63) is 84.1 Å². The highest BCUT2D eigenvalue weighted by Crippen LogP contribution is 2.27. The maximum Gasteiger partial charge on any atom is 0.408 e. The van der Waals surface area contributed by atoms with Gasteiger partial charge in [0, 0.05) is 42.2 Å². The number of fused-ring (bicyclic) bond motifs is 1. The van der Waals surface area contributed by atoms with Crippen LogP contribution >= 0.6 is 0 Å². The first-order valence-corrected chi connectivity index (χ1v) is 15.1. The number of aromatic nitrogens is 1. The molecule has 4 rings (SSSR count). The Morgan fingerprint density at radius 2 is 1.75 bits per heavy atom. The van der Waals surface area contributed by atoms with Crippen LogP contribution in [-0.4, -0.2) is 60.2 Å². The van der Waals surface area contributed by atoms with Crippen molar-refractivity contribution in [2.45, 2.75) is 70.1 Å². The van der Waals surface area contributed by atoms with Crippen LogP contribution in [0.15, 0.2) is 72.9 Å². The van der Waals surface area contributed by atoms with E-state index in [1.807, 2.05) is 60.8 Å². The quantitative estimate of drug-likeness (QED) is 0.180. The van der Waals surface area contributed by atoms with E-state index in [-0.39, 0.29) is 25.0 Å². The van der Waals surface area contributed by atoms with Crippen LogP contribution in [0.5, 0.6) is 0 Å². The normalized spacial score (nSPS) is 18.6. The number of carbonyl (C=O) groups excluding carboxylic acids is 4. The zero-order chi connectivity index (χ0) is 31.5. The molecule has 0 radical (unpaired) electrons. The number of para-hydroxylation sites is 1. The molecule has 234 valence electrons. The molecule has 2 aromatic carbocycles. The van der Waals surface area contributed by atoms with Gasteiger partial charge in [-0.2, -0.15) is 0 Å². The molecule has 1 saturated carbocycles. The van der Waals surface area contributed by atoms with Crippen LogP contribution in [0.3, 0.4) is 0 Å². The number of alkyl carbamates (subject to hydrolysis) is 1. The topological polar surface area (TPSA) is 139 Å². The van der Waals surface area contributed by atoms with Gasteiger partial charge in [0.1, 0.15) is 11.6 Å². The lowest BCUT2D eigenvalue weighted by atomic mass is 9.88. The summed E-state index contributed by atoms with van der Waals surface area (Å²) >= 11 is 0. The number of ether oxygens (including phenoxy) is 2. The van der Waals surface area contributed by atoms with E-state index in [4.69, 9.17) is 4.74 Å². The summed E-state index contributed by atoms with van der Waals surface area (Å²) in [6, 6.07) is 16.8. The van der Waals surface area contributed by atoms with Gasteiger partial charge in [0.05, 0.1) is 13.2 Å². The summed E-state index contributed by atoms with van der Waals surface area (Å²) in [6.45, 7) is 3.85. The van der Waals surface area contributed by atoms with Crippen molar-refractivity contribution in [3.8, 4) is 0 Å². The summed E-state index contributed by atoms with van der Waals surface area (Å²) < 4.78 is 10.4. The molecule has 0 saturated heterocycles. The molecule has 0 unspecified atom stereocenters. The fourth-order valence-corrected chi connectivity index (χ4v) is 5.60. The lowest BCUT2D eigenvalue weighted by Gasteiger charge is -2.34. The zero-order valence-corrected chi connectivity index (χ0v) is 25.6. The lowest BCUT2D eigenvalue weighted by Crippen LogP contribution is -2.61. The Kier molecular flexibility index (Phi) is 11.2. The van der Waals surface area contributed by atoms with Crippen molar-refractivity contribution in [2.24, 2.45) is 5.92 Å². The van der Waals surface area contributed by atoms with Crippen LogP contribution in [0.2, 0.25) is 0 Å². The minimum atomic E-state index is -1.39. The first kappa shape index (κ1) is 32.3. The van der Waals surface area contributed by atoms with E-state index in [2.05, 4.69) is 32.6 Å². The van der Waals surface area contributed by atoms with E-state index in [0.717, 1.165) is 59.9 Å². The van der Waals surface area contributed by atoms with Crippen molar-refractivity contribution < 1.29 is 28.7 Å². The monoisotopic (exact) mass is 602 g/mol. The molecule has 4 atom stereocenters. The summed E-state index contributed by atoms with van der Waals surface area (Å²) in [5, 5.41) is 9.66. The minimum absolute atomic E-state index is 0.0815. The first-order valence-electron chi connectivity index (χ1n) is 15.1. The minimum Gasteiger partial charge on any atom is -0.466 e. The van der Waals surface area contributed by atoms with Gasteiger partial charge in [-0.25, -0.2) is 9.59 Å². The third-order valence-corrected chi connectivity index (χ3v) is 8.14. The molecule has 1 aliphatic rings. The molecule has 0 bridgehead atoms. The smallest absolute Gasteiger partial charge is 0.408 e. The fourth-order valence-electron chi connectivity index (χ4n) is 5.60. The first-order chi connectivity index (χ1) is 21.2. The molecule has 3 aromatic rings. The van der Waals surface area contributed by atoms with Gasteiger partial charge in [-0.05, 0) is 55.7 Å². The second kappa shape index (κ2) is 15.2. The molecule has 1 heterocycles. The number of hydrogen-bond acceptors (Lipinski definition) is 6. The summed E-state index contributed by atoms with van der Waals surface area (Å²) in [6.07, 6.45) is 7.63. The van der Waals surface area contributed by atoms with Crippen LogP contribution in [-0.2, 0) is 36.7 Å². The maximum atomic E-state index is 14.1. The van der Waals surface area contributed by atoms with Crippen molar-refractivity contribution in [2.75, 3.05) is 13.7 Å². The Hall–Kier alpha value is -4.60. The highest BCUT2D eigenvalue weighted by atomic mass is 16.6. The average molecular weight is 603 g/mol. The Morgan fingerprint density at radius 1 is 1.02 bits per heavy atom. The average Bonchev–Trinajstić information content (AvgIpc) is 3.42. The summed E-state index contributed by atoms with van der Waals surface area (Å²) in [7, 11) is 1.23. The molecular formula is C34H42N4O6. The Labute approximate surface area is 258 Å². The number of aromatic amines is 1. The molecule has 3 amide bonds. The standard InChI is InChI=1S/C34H42N4O6/c1-23-11-7-10-16-29(23)44-33(42)38-34(2,20-25-21-35-28-15-9-8-14-27(25)28)32(41)37-26(19-24-12-5-4-6-13-24)22-36-30(39)17-18-31(40)43-3/h4-6,8-9,12-15,17-18,21,23,26,29,35H,7,10-11,16,19-20,22H2,1-3H3,(H,36,39)(H,37,41)(H,38,42)/b18-17+/t23-,26+,29-,34-/m1/s1. The molecule has 4 N–H and O–H groups in total. The van der Waals surface area contributed by atoms with E-state index in [9.17, 15) is 19.2 Å². The number of rotatable bonds is 12. The number of nitrogens with one attached hydrogen (secondary N) is 4. The van der Waals surface area contributed by atoms with Gasteiger partial charge in [0.15, 0.2) is 0 Å². The van der Waals surface area contributed by atoms with Gasteiger partial charge in [-0.3, -0.25) is 9.59 Å². The Morgan fingerprint density at radius 3 is 2.50 bits per heavy atom. The van der Waals surface area contributed by atoms with Crippen molar-refractivity contribution in [1.82, 2.24) is 20.9 Å². The van der Waals surface area contributed by atoms with Gasteiger partial charge in [0.25, 0.3) is 0 Å². The van der Waals surface area contributed by atoms with E-state index in [0.29, 0.717) is 6.42 Å². The molecule has 10 heteroatoms. The zero-order valence-electron chi connectivity index (χ0n) is 25.6. The highest BCUT2D eigenvalue weighted by molar-refractivity contribution is 5.95. The van der Waals surface area contributed by atoms with Gasteiger partial charge in [-0.15, -0.1) is 0 Å². The van der Waals surface area contributed by atoms with E-state index >= 15 is 0 Å². The number of esters is 1. The number of amides is 3. The van der Waals surface area contributed by atoms with Crippen molar-refractivity contribution in [1.29, 1.82) is 0 Å². The summed E-state index contributed by atoms with van der Waals surface area (Å²) in [5.41, 5.74) is 1.36. The Bertz CT molecular complexity index is 1470. The van der Waals surface area contributed by atoms with Crippen molar-refractivity contribution in [3.63, 3.8) is 0 Å². The van der Waals surface area contributed by atoms with Crippen LogP contribution in [0.1, 0.15) is 50.7 Å². The molecular weight excluding hydrogens is 560 g/mol. The SMILES string of the molecule is COC(=O)/C=C/C(=O)NC[C@H](Cc1ccccc1)NC(=O)[C@@](C)(Cc1c[nH]c2ccccc12)NC(=O)O[C@@H]1CCCC[C@H]1C. The maximum absolute atomic E-state index is 14.1. The predicted octanol–water partition coefficient (Wildman–Crippen LogP) is 4.35. The number of H-pyrrole nitrogens is 1. The second-order valence-corrected chi connectivity index (χ2v) is 11.7. The molecule has 1 aliphatic carbocycles. The molecule has 44 heavy (non-hydrogen) atoms. The largest absolute Gasteiger partial charge is 0.466 e. The third-order valence-electron chi connectivity index (χ3n) is 8.14. The van der Waals surface area contributed by atoms with Gasteiger partial charge in [-0.1, -0.05) is 61.9 Å². The van der Waals surface area contributed by atoms with Crippen LogP contribution in [0, 0.1) is 5.92 Å². The molecule has 0 aliphatic heterocycles. The second-order valence-electron chi connectivity index (χ2n) is 11.7. The van der Waals surface area contributed by atoms with E-state index in [1.165, 1.54) is 7.11 Å². The van der Waals surface area contributed by atoms with E-state index in [1.54, 1.807) is 6.92 Å². The Balaban J connectivity index is 1.55. The van der Waals surface area contributed by atoms with Crippen molar-refractivity contribution >= 4 is 34.8 Å². The summed E-state index contributed by atoms with van der Waals surface area (Å²) in [4.78, 5) is 54.5. The van der Waals surface area contributed by atoms with Crippen LogP contribution in [0.25, 0.3) is 10.9 Å². The van der Waals surface area contributed by atoms with Gasteiger partial charge < -0.3 is 30.4 Å². The molecule has 1 fully saturated rings. The van der Waals surface area contributed by atoms with Crippen LogP contribution < -0.4 is 16.0 Å².